The molecule has 0 aromatic carbocycles. The molecule has 0 aliphatic carbocycles. The molecule has 0 radical (unpaired) electrons. The first-order chi connectivity index (χ1) is 8.32. The predicted molar refractivity (Wildman–Crippen MR) is 74.4 cm³/mol. The summed E-state index contributed by atoms with van der Waals surface area (Å²) in [7, 11) is -0.355. The fraction of sp³-hybridized carbons (Fsp3) is 0.462. The van der Waals surface area contributed by atoms with Gasteiger partial charge in [-0.1, -0.05) is 23.7 Å². The molecule has 0 spiro atoms. The van der Waals surface area contributed by atoms with Crippen LogP contribution in [-0.4, -0.2) is 23.3 Å². The minimum absolute atomic E-state index is 0.319. The van der Waals surface area contributed by atoms with Crippen LogP contribution >= 0.6 is 11.6 Å². The summed E-state index contributed by atoms with van der Waals surface area (Å²) < 4.78 is 11.7. The Morgan fingerprint density at radius 3 is 2.39 bits per heavy atom. The molecule has 0 amide bonds. The van der Waals surface area contributed by atoms with E-state index in [0.717, 1.165) is 5.56 Å². The van der Waals surface area contributed by atoms with Crippen LogP contribution in [0.4, 0.5) is 0 Å². The maximum atomic E-state index is 6.05. The molecule has 0 atom stereocenters. The van der Waals surface area contributed by atoms with Gasteiger partial charge in [-0.15, -0.1) is 0 Å². The molecule has 3 nitrogen and oxygen atoms in total. The van der Waals surface area contributed by atoms with Crippen molar-refractivity contribution in [3.05, 3.63) is 35.0 Å². The van der Waals surface area contributed by atoms with Gasteiger partial charge in [-0.2, -0.15) is 0 Å². The molecule has 5 heteroatoms. The molecule has 1 aromatic rings. The second-order valence-corrected chi connectivity index (χ2v) is 5.79. The van der Waals surface area contributed by atoms with Gasteiger partial charge in [-0.05, 0) is 33.8 Å². The van der Waals surface area contributed by atoms with Crippen molar-refractivity contribution in [3.63, 3.8) is 0 Å². The van der Waals surface area contributed by atoms with Crippen molar-refractivity contribution in [1.29, 1.82) is 0 Å². The summed E-state index contributed by atoms with van der Waals surface area (Å²) in [4.78, 5) is 4.03. The second-order valence-electron chi connectivity index (χ2n) is 5.38. The third-order valence-corrected chi connectivity index (χ3v) is 3.84. The summed E-state index contributed by atoms with van der Waals surface area (Å²) in [6, 6.07) is 1.76. The lowest BCUT2D eigenvalue weighted by atomic mass is 9.89. The Balaban J connectivity index is 2.11. The monoisotopic (exact) mass is 265 g/mol. The third-order valence-electron chi connectivity index (χ3n) is 3.50. The van der Waals surface area contributed by atoms with Crippen molar-refractivity contribution in [3.8, 4) is 0 Å². The molecule has 1 aliphatic rings. The van der Waals surface area contributed by atoms with Crippen LogP contribution in [0.5, 0.6) is 0 Å². The van der Waals surface area contributed by atoms with E-state index >= 15 is 0 Å². The van der Waals surface area contributed by atoms with E-state index < -0.39 is 0 Å². The van der Waals surface area contributed by atoms with Crippen molar-refractivity contribution < 1.29 is 9.31 Å². The van der Waals surface area contributed by atoms with E-state index in [9.17, 15) is 0 Å². The molecular formula is C13H17BClNO2. The number of hydrogen-bond donors (Lipinski definition) is 0. The number of rotatable bonds is 2. The van der Waals surface area contributed by atoms with Gasteiger partial charge < -0.3 is 9.31 Å². The molecule has 0 bridgehead atoms. The van der Waals surface area contributed by atoms with E-state index in [-0.39, 0.29) is 18.3 Å². The smallest absolute Gasteiger partial charge is 0.400 e. The second kappa shape index (κ2) is 4.69. The van der Waals surface area contributed by atoms with Gasteiger partial charge in [0.15, 0.2) is 0 Å². The van der Waals surface area contributed by atoms with Crippen LogP contribution in [-0.2, 0) is 9.31 Å². The van der Waals surface area contributed by atoms with Crippen molar-refractivity contribution >= 4 is 24.8 Å². The highest BCUT2D eigenvalue weighted by Crippen LogP contribution is 2.37. The molecule has 0 N–H and O–H groups in total. The zero-order valence-electron chi connectivity index (χ0n) is 11.1. The van der Waals surface area contributed by atoms with Gasteiger partial charge >= 0.3 is 7.12 Å². The summed E-state index contributed by atoms with van der Waals surface area (Å²) in [5.41, 5.74) is 0.218. The van der Waals surface area contributed by atoms with Crippen LogP contribution in [0.15, 0.2) is 24.4 Å². The van der Waals surface area contributed by atoms with Gasteiger partial charge in [0.05, 0.1) is 16.2 Å². The number of halogens is 1. The fourth-order valence-corrected chi connectivity index (χ4v) is 1.83. The molecule has 1 fully saturated rings. The molecular weight excluding hydrogens is 248 g/mol. The van der Waals surface area contributed by atoms with Crippen LogP contribution in [0.1, 0.15) is 33.3 Å². The van der Waals surface area contributed by atoms with Gasteiger partial charge in [0, 0.05) is 18.0 Å². The van der Waals surface area contributed by atoms with Crippen LogP contribution in [0.25, 0.3) is 6.08 Å². The standard InChI is InChI=1S/C13H17BClNO2/c1-12(2)13(3,4)18-14(17-12)7-5-10-9-16-8-6-11(10)15/h5-9H,1-4H3/b7-5+. The summed E-state index contributed by atoms with van der Waals surface area (Å²) in [5.74, 6) is 1.86. The Morgan fingerprint density at radius 1 is 1.22 bits per heavy atom. The molecule has 18 heavy (non-hydrogen) atoms. The molecule has 1 aliphatic heterocycles. The number of hydrogen-bond acceptors (Lipinski definition) is 3. The first-order valence-corrected chi connectivity index (χ1v) is 6.33. The first kappa shape index (κ1) is 13.6. The number of aromatic nitrogens is 1. The van der Waals surface area contributed by atoms with Gasteiger partial charge in [-0.25, -0.2) is 0 Å². The van der Waals surface area contributed by atoms with Crippen molar-refractivity contribution in [2.24, 2.45) is 0 Å². The quantitative estimate of drug-likeness (QED) is 0.768. The van der Waals surface area contributed by atoms with Crippen molar-refractivity contribution in [2.75, 3.05) is 0 Å². The first-order valence-electron chi connectivity index (χ1n) is 5.95. The molecule has 1 saturated heterocycles. The highest BCUT2D eigenvalue weighted by atomic mass is 35.5. The lowest BCUT2D eigenvalue weighted by Crippen LogP contribution is -2.41. The van der Waals surface area contributed by atoms with E-state index in [1.807, 2.05) is 39.7 Å². The Kier molecular flexibility index (Phi) is 3.54. The van der Waals surface area contributed by atoms with Crippen LogP contribution in [0.3, 0.4) is 0 Å². The lowest BCUT2D eigenvalue weighted by Gasteiger charge is -2.32. The van der Waals surface area contributed by atoms with Crippen LogP contribution in [0, 0.1) is 0 Å². The van der Waals surface area contributed by atoms with E-state index in [1.54, 1.807) is 18.5 Å². The van der Waals surface area contributed by atoms with E-state index in [2.05, 4.69) is 4.98 Å². The predicted octanol–water partition coefficient (Wildman–Crippen LogP) is 3.38. The van der Waals surface area contributed by atoms with Crippen molar-refractivity contribution in [2.45, 2.75) is 38.9 Å². The zero-order valence-corrected chi connectivity index (χ0v) is 11.9. The Bertz CT molecular complexity index is 458. The summed E-state index contributed by atoms with van der Waals surface area (Å²) >= 11 is 6.05. The third kappa shape index (κ3) is 2.61. The summed E-state index contributed by atoms with van der Waals surface area (Å²) in [6.45, 7) is 8.10. The Labute approximate surface area is 113 Å². The van der Waals surface area contributed by atoms with E-state index in [1.165, 1.54) is 0 Å². The molecule has 96 valence electrons. The minimum atomic E-state index is -0.355. The van der Waals surface area contributed by atoms with Crippen molar-refractivity contribution in [1.82, 2.24) is 4.98 Å². The highest BCUT2D eigenvalue weighted by Gasteiger charge is 2.49. The van der Waals surface area contributed by atoms with Crippen LogP contribution in [0.2, 0.25) is 5.02 Å². The lowest BCUT2D eigenvalue weighted by molar-refractivity contribution is 0.00578. The molecule has 1 aromatic heterocycles. The normalized spacial score (nSPS) is 21.7. The van der Waals surface area contributed by atoms with E-state index in [0.29, 0.717) is 5.02 Å². The summed E-state index contributed by atoms with van der Waals surface area (Å²) in [5, 5.41) is 0.665. The average molecular weight is 266 g/mol. The highest BCUT2D eigenvalue weighted by molar-refractivity contribution is 6.52. The zero-order chi connectivity index (χ0) is 13.4. The van der Waals surface area contributed by atoms with Gasteiger partial charge in [0.1, 0.15) is 0 Å². The average Bonchev–Trinajstić information content (AvgIpc) is 2.46. The fourth-order valence-electron chi connectivity index (χ4n) is 1.66. The van der Waals surface area contributed by atoms with Gasteiger partial charge in [0.25, 0.3) is 0 Å². The molecule has 0 unspecified atom stereocenters. The number of nitrogens with zero attached hydrogens (tertiary/aromatic N) is 1. The van der Waals surface area contributed by atoms with Gasteiger partial charge in [0.2, 0.25) is 0 Å². The maximum Gasteiger partial charge on any atom is 0.487 e. The minimum Gasteiger partial charge on any atom is -0.400 e. The molecule has 2 heterocycles. The topological polar surface area (TPSA) is 31.4 Å². The summed E-state index contributed by atoms with van der Waals surface area (Å²) in [6.07, 6.45) is 5.25. The number of pyridine rings is 1. The van der Waals surface area contributed by atoms with Crippen LogP contribution < -0.4 is 0 Å². The Morgan fingerprint density at radius 2 is 1.83 bits per heavy atom. The molecule has 2 rings (SSSR count). The van der Waals surface area contributed by atoms with Gasteiger partial charge in [-0.3, -0.25) is 4.98 Å². The maximum absolute atomic E-state index is 6.05. The largest absolute Gasteiger partial charge is 0.487 e. The Hall–Kier alpha value is -0.835. The molecule has 0 saturated carbocycles. The SMILES string of the molecule is CC1(C)OB(/C=C/c2cnccc2Cl)OC1(C)C. The van der Waals surface area contributed by atoms with E-state index in [4.69, 9.17) is 20.9 Å².